The Balaban J connectivity index is 1.46. The zero-order valence-electron chi connectivity index (χ0n) is 18.8. The maximum atomic E-state index is 13.1. The van der Waals surface area contributed by atoms with Crippen LogP contribution in [-0.4, -0.2) is 83.1 Å². The first-order valence-corrected chi connectivity index (χ1v) is 12.1. The molecule has 0 aliphatic carbocycles. The summed E-state index contributed by atoms with van der Waals surface area (Å²) in [6.45, 7) is 9.02. The van der Waals surface area contributed by atoms with Crippen molar-refractivity contribution in [2.45, 2.75) is 45.7 Å². The summed E-state index contributed by atoms with van der Waals surface area (Å²) >= 11 is 1.22. The van der Waals surface area contributed by atoms with Gasteiger partial charge in [-0.25, -0.2) is 4.98 Å². The van der Waals surface area contributed by atoms with Gasteiger partial charge in [-0.1, -0.05) is 0 Å². The first-order chi connectivity index (χ1) is 15.5. The molecule has 0 saturated carbocycles. The second-order valence-corrected chi connectivity index (χ2v) is 9.55. The molecular weight excluding hydrogens is 430 g/mol. The quantitative estimate of drug-likeness (QED) is 0.695. The molecule has 2 saturated heterocycles. The fourth-order valence-corrected chi connectivity index (χ4v) is 5.48. The van der Waals surface area contributed by atoms with Crippen molar-refractivity contribution in [3.8, 4) is 0 Å². The fourth-order valence-electron chi connectivity index (χ4n) is 4.43. The second kappa shape index (κ2) is 10.1. The molecular formula is C22H31N5O4S. The number of nitrogens with zero attached hydrogens (tertiary/aromatic N) is 4. The Morgan fingerprint density at radius 3 is 2.78 bits per heavy atom. The predicted molar refractivity (Wildman–Crippen MR) is 123 cm³/mol. The average Bonchev–Trinajstić information content (AvgIpc) is 3.13. The Labute approximate surface area is 191 Å². The molecule has 2 aromatic rings. The van der Waals surface area contributed by atoms with Gasteiger partial charge in [0.05, 0.1) is 29.8 Å². The molecule has 4 rings (SSSR count). The Bertz CT molecular complexity index is 1040. The molecule has 0 radical (unpaired) electrons. The van der Waals surface area contributed by atoms with Crippen molar-refractivity contribution in [3.63, 3.8) is 0 Å². The normalized spacial score (nSPS) is 19.9. The first-order valence-electron chi connectivity index (χ1n) is 11.3. The number of ether oxygens (including phenoxy) is 1. The summed E-state index contributed by atoms with van der Waals surface area (Å²) in [5.74, 6) is -0.252. The number of thiophene rings is 1. The van der Waals surface area contributed by atoms with Gasteiger partial charge in [-0.15, -0.1) is 11.3 Å². The van der Waals surface area contributed by atoms with Gasteiger partial charge in [0.2, 0.25) is 5.91 Å². The Morgan fingerprint density at radius 1 is 1.25 bits per heavy atom. The van der Waals surface area contributed by atoms with Crippen LogP contribution >= 0.6 is 11.3 Å². The van der Waals surface area contributed by atoms with Gasteiger partial charge in [-0.2, -0.15) is 0 Å². The molecule has 4 heterocycles. The zero-order chi connectivity index (χ0) is 22.7. The van der Waals surface area contributed by atoms with Gasteiger partial charge in [-0.3, -0.25) is 23.9 Å². The van der Waals surface area contributed by atoms with Gasteiger partial charge in [0.25, 0.3) is 11.5 Å². The lowest BCUT2D eigenvalue weighted by atomic mass is 10.0. The Morgan fingerprint density at radius 2 is 2.03 bits per heavy atom. The van der Waals surface area contributed by atoms with Crippen LogP contribution in [0.1, 0.15) is 41.4 Å². The molecule has 174 valence electrons. The van der Waals surface area contributed by atoms with Crippen LogP contribution in [-0.2, 0) is 16.1 Å². The van der Waals surface area contributed by atoms with Gasteiger partial charge in [-0.05, 0) is 38.7 Å². The number of nitrogens with one attached hydrogen (secondary N) is 1. The van der Waals surface area contributed by atoms with Crippen LogP contribution in [0.15, 0.2) is 11.1 Å². The minimum atomic E-state index is -0.269. The summed E-state index contributed by atoms with van der Waals surface area (Å²) in [7, 11) is 0. The standard InChI is InChI=1S/C22H31N5O4S/c1-15-5-3-4-7-27(15)17(28)13-26-14-24-21-18(22(26)30)16(2)19(32-21)20(29)23-6-8-25-9-11-31-12-10-25/h14-15H,3-13H2,1-2H3,(H,23,29)/t15-/m1/s1. The highest BCUT2D eigenvalue weighted by Gasteiger charge is 2.25. The van der Waals surface area contributed by atoms with Crippen LogP contribution in [0.5, 0.6) is 0 Å². The lowest BCUT2D eigenvalue weighted by molar-refractivity contribution is -0.135. The van der Waals surface area contributed by atoms with E-state index >= 15 is 0 Å². The number of fused-ring (bicyclic) bond motifs is 1. The summed E-state index contributed by atoms with van der Waals surface area (Å²) in [4.78, 5) is 48.2. The number of piperidine rings is 1. The number of aromatic nitrogens is 2. The van der Waals surface area contributed by atoms with E-state index in [0.717, 1.165) is 58.7 Å². The average molecular weight is 462 g/mol. The summed E-state index contributed by atoms with van der Waals surface area (Å²) in [5, 5.41) is 3.38. The molecule has 0 spiro atoms. The molecule has 2 aromatic heterocycles. The number of rotatable bonds is 6. The zero-order valence-corrected chi connectivity index (χ0v) is 19.6. The fraction of sp³-hybridized carbons (Fsp3) is 0.636. The highest BCUT2D eigenvalue weighted by molar-refractivity contribution is 7.20. The highest BCUT2D eigenvalue weighted by Crippen LogP contribution is 2.26. The summed E-state index contributed by atoms with van der Waals surface area (Å²) in [6, 6.07) is 0.194. The lowest BCUT2D eigenvalue weighted by Crippen LogP contribution is -2.44. The van der Waals surface area contributed by atoms with Crippen molar-refractivity contribution in [1.29, 1.82) is 0 Å². The lowest BCUT2D eigenvalue weighted by Gasteiger charge is -2.33. The summed E-state index contributed by atoms with van der Waals surface area (Å²) < 4.78 is 6.71. The second-order valence-electron chi connectivity index (χ2n) is 8.56. The van der Waals surface area contributed by atoms with E-state index in [0.29, 0.717) is 27.2 Å². The van der Waals surface area contributed by atoms with Gasteiger partial charge in [0, 0.05) is 38.8 Å². The molecule has 1 N–H and O–H groups in total. The van der Waals surface area contributed by atoms with Crippen LogP contribution in [0.4, 0.5) is 0 Å². The van der Waals surface area contributed by atoms with Gasteiger partial charge >= 0.3 is 0 Å². The van der Waals surface area contributed by atoms with E-state index in [4.69, 9.17) is 4.74 Å². The molecule has 2 aliphatic heterocycles. The predicted octanol–water partition coefficient (Wildman–Crippen LogP) is 1.23. The van der Waals surface area contributed by atoms with Gasteiger partial charge in [0.1, 0.15) is 11.4 Å². The molecule has 2 aliphatic rings. The Hall–Kier alpha value is -2.30. The first kappa shape index (κ1) is 22.9. The number of carbonyl (C=O) groups excluding carboxylic acids is 2. The number of amides is 2. The van der Waals surface area contributed by atoms with Crippen molar-refractivity contribution in [3.05, 3.63) is 27.1 Å². The maximum Gasteiger partial charge on any atom is 0.262 e. The number of likely N-dealkylation sites (tertiary alicyclic amines) is 1. The molecule has 32 heavy (non-hydrogen) atoms. The van der Waals surface area contributed by atoms with Crippen molar-refractivity contribution in [1.82, 2.24) is 24.7 Å². The minimum absolute atomic E-state index is 0.0253. The van der Waals surface area contributed by atoms with Crippen molar-refractivity contribution in [2.75, 3.05) is 45.9 Å². The van der Waals surface area contributed by atoms with Crippen molar-refractivity contribution in [2.24, 2.45) is 0 Å². The smallest absolute Gasteiger partial charge is 0.262 e. The van der Waals surface area contributed by atoms with Crippen LogP contribution in [0.2, 0.25) is 0 Å². The SMILES string of the molecule is Cc1c(C(=O)NCCN2CCOCC2)sc2ncn(CC(=O)N3CCCC[C@H]3C)c(=O)c12. The molecule has 9 nitrogen and oxygen atoms in total. The summed E-state index contributed by atoms with van der Waals surface area (Å²) in [5.41, 5.74) is 0.355. The highest BCUT2D eigenvalue weighted by atomic mass is 32.1. The van der Waals surface area contributed by atoms with E-state index in [1.54, 1.807) is 6.92 Å². The minimum Gasteiger partial charge on any atom is -0.379 e. The number of carbonyl (C=O) groups is 2. The molecule has 0 bridgehead atoms. The van der Waals surface area contributed by atoms with Crippen LogP contribution in [0.3, 0.4) is 0 Å². The van der Waals surface area contributed by atoms with E-state index in [-0.39, 0.29) is 30.0 Å². The third kappa shape index (κ3) is 4.87. The van der Waals surface area contributed by atoms with E-state index in [1.807, 2.05) is 11.8 Å². The van der Waals surface area contributed by atoms with Gasteiger partial charge < -0.3 is 15.0 Å². The third-order valence-corrected chi connectivity index (χ3v) is 7.57. The number of morpholine rings is 1. The van der Waals surface area contributed by atoms with Crippen molar-refractivity contribution >= 4 is 33.4 Å². The molecule has 1 atom stereocenters. The van der Waals surface area contributed by atoms with Crippen LogP contribution < -0.4 is 10.9 Å². The number of hydrogen-bond acceptors (Lipinski definition) is 7. The van der Waals surface area contributed by atoms with E-state index < -0.39 is 0 Å². The Kier molecular flexibility index (Phi) is 7.22. The molecule has 10 heteroatoms. The van der Waals surface area contributed by atoms with E-state index in [2.05, 4.69) is 15.2 Å². The molecule has 0 unspecified atom stereocenters. The summed E-state index contributed by atoms with van der Waals surface area (Å²) in [6.07, 6.45) is 4.54. The van der Waals surface area contributed by atoms with Crippen LogP contribution in [0, 0.1) is 6.92 Å². The molecule has 0 aromatic carbocycles. The van der Waals surface area contributed by atoms with Gasteiger partial charge in [0.15, 0.2) is 0 Å². The number of aryl methyl sites for hydroxylation is 1. The monoisotopic (exact) mass is 461 g/mol. The molecule has 2 amide bonds. The van der Waals surface area contributed by atoms with Crippen LogP contribution in [0.25, 0.3) is 10.2 Å². The maximum absolute atomic E-state index is 13.1. The van der Waals surface area contributed by atoms with Crippen molar-refractivity contribution < 1.29 is 14.3 Å². The van der Waals surface area contributed by atoms with E-state index in [1.165, 1.54) is 22.2 Å². The topological polar surface area (TPSA) is 96.8 Å². The van der Waals surface area contributed by atoms with E-state index in [9.17, 15) is 14.4 Å². The number of hydrogen-bond donors (Lipinski definition) is 1. The molecule has 2 fully saturated rings. The third-order valence-electron chi connectivity index (χ3n) is 6.37. The largest absolute Gasteiger partial charge is 0.379 e.